The standard InChI is InChI=1S/C10H13N3S/c11-2-1-9-5-8(7-14-9)10-6-12-3-4-13-10/h5,7,10,12-13H,1,3-4,6H2. The molecular weight excluding hydrogens is 194 g/mol. The van der Waals surface area contributed by atoms with Crippen LogP contribution >= 0.6 is 11.3 Å². The van der Waals surface area contributed by atoms with Crippen LogP contribution in [0.1, 0.15) is 16.5 Å². The summed E-state index contributed by atoms with van der Waals surface area (Å²) in [5.41, 5.74) is 1.31. The van der Waals surface area contributed by atoms with Crippen molar-refractivity contribution in [2.24, 2.45) is 0 Å². The summed E-state index contributed by atoms with van der Waals surface area (Å²) in [6, 6.07) is 4.74. The van der Waals surface area contributed by atoms with Gasteiger partial charge in [-0.05, 0) is 17.0 Å². The maximum absolute atomic E-state index is 8.57. The molecule has 0 spiro atoms. The second-order valence-corrected chi connectivity index (χ2v) is 4.39. The van der Waals surface area contributed by atoms with Crippen LogP contribution in [0.2, 0.25) is 0 Å². The summed E-state index contributed by atoms with van der Waals surface area (Å²) < 4.78 is 0. The van der Waals surface area contributed by atoms with Crippen LogP contribution in [0.4, 0.5) is 0 Å². The number of nitrogens with zero attached hydrogens (tertiary/aromatic N) is 1. The van der Waals surface area contributed by atoms with Crippen LogP contribution in [-0.4, -0.2) is 19.6 Å². The Labute approximate surface area is 87.7 Å². The summed E-state index contributed by atoms with van der Waals surface area (Å²) in [7, 11) is 0. The molecule has 3 nitrogen and oxygen atoms in total. The predicted molar refractivity (Wildman–Crippen MR) is 57.2 cm³/mol. The Hall–Kier alpha value is -0.890. The van der Waals surface area contributed by atoms with E-state index in [9.17, 15) is 0 Å². The molecule has 1 aromatic heterocycles. The van der Waals surface area contributed by atoms with Gasteiger partial charge >= 0.3 is 0 Å². The van der Waals surface area contributed by atoms with Crippen molar-refractivity contribution in [3.63, 3.8) is 0 Å². The number of hydrogen-bond donors (Lipinski definition) is 2. The SMILES string of the molecule is N#CCc1cc(C2CNCCN2)cs1. The minimum Gasteiger partial charge on any atom is -0.314 e. The zero-order chi connectivity index (χ0) is 9.80. The van der Waals surface area contributed by atoms with Gasteiger partial charge in [0.2, 0.25) is 0 Å². The number of nitriles is 1. The second-order valence-electron chi connectivity index (χ2n) is 3.39. The largest absolute Gasteiger partial charge is 0.314 e. The van der Waals surface area contributed by atoms with Gasteiger partial charge < -0.3 is 10.6 Å². The summed E-state index contributed by atoms with van der Waals surface area (Å²) in [5, 5.41) is 17.5. The van der Waals surface area contributed by atoms with Gasteiger partial charge in [0.25, 0.3) is 0 Å². The van der Waals surface area contributed by atoms with Crippen LogP contribution in [0.15, 0.2) is 11.4 Å². The molecule has 0 radical (unpaired) electrons. The molecule has 4 heteroatoms. The molecule has 2 rings (SSSR count). The van der Waals surface area contributed by atoms with Crippen molar-refractivity contribution >= 4 is 11.3 Å². The molecule has 1 aliphatic heterocycles. The van der Waals surface area contributed by atoms with E-state index >= 15 is 0 Å². The van der Waals surface area contributed by atoms with Crippen LogP contribution in [-0.2, 0) is 6.42 Å². The zero-order valence-electron chi connectivity index (χ0n) is 7.92. The van der Waals surface area contributed by atoms with E-state index in [1.165, 1.54) is 5.56 Å². The summed E-state index contributed by atoms with van der Waals surface area (Å²) in [4.78, 5) is 1.16. The van der Waals surface area contributed by atoms with Gasteiger partial charge in [0.15, 0.2) is 0 Å². The topological polar surface area (TPSA) is 47.9 Å². The van der Waals surface area contributed by atoms with Gasteiger partial charge in [-0.25, -0.2) is 0 Å². The van der Waals surface area contributed by atoms with Gasteiger partial charge in [0, 0.05) is 30.6 Å². The molecule has 1 saturated heterocycles. The lowest BCUT2D eigenvalue weighted by molar-refractivity contribution is 0.431. The number of piperazine rings is 1. The van der Waals surface area contributed by atoms with E-state index in [0.29, 0.717) is 12.5 Å². The normalized spacial score (nSPS) is 21.8. The Bertz CT molecular complexity index is 333. The van der Waals surface area contributed by atoms with Crippen molar-refractivity contribution in [2.75, 3.05) is 19.6 Å². The van der Waals surface area contributed by atoms with Crippen molar-refractivity contribution in [2.45, 2.75) is 12.5 Å². The number of rotatable bonds is 2. The van der Waals surface area contributed by atoms with Crippen molar-refractivity contribution in [3.05, 3.63) is 21.9 Å². The van der Waals surface area contributed by atoms with Crippen LogP contribution in [0.3, 0.4) is 0 Å². The molecule has 1 aromatic rings. The molecule has 0 amide bonds. The quantitative estimate of drug-likeness (QED) is 0.762. The molecule has 0 saturated carbocycles. The van der Waals surface area contributed by atoms with Crippen molar-refractivity contribution in [1.29, 1.82) is 5.26 Å². The van der Waals surface area contributed by atoms with Crippen LogP contribution in [0, 0.1) is 11.3 Å². The van der Waals surface area contributed by atoms with Crippen LogP contribution < -0.4 is 10.6 Å². The Morgan fingerprint density at radius 2 is 2.50 bits per heavy atom. The molecule has 2 N–H and O–H groups in total. The summed E-state index contributed by atoms with van der Waals surface area (Å²) in [6.07, 6.45) is 0.533. The van der Waals surface area contributed by atoms with Gasteiger partial charge in [0.1, 0.15) is 0 Å². The van der Waals surface area contributed by atoms with Crippen molar-refractivity contribution < 1.29 is 0 Å². The first-order valence-corrected chi connectivity index (χ1v) is 5.66. The number of thiophene rings is 1. The first-order chi connectivity index (χ1) is 6.90. The van der Waals surface area contributed by atoms with E-state index in [0.717, 1.165) is 24.5 Å². The van der Waals surface area contributed by atoms with Crippen molar-refractivity contribution in [3.8, 4) is 6.07 Å². The third kappa shape index (κ3) is 2.13. The fourth-order valence-electron chi connectivity index (χ4n) is 1.64. The maximum Gasteiger partial charge on any atom is 0.0695 e. The molecule has 0 aromatic carbocycles. The third-order valence-corrected chi connectivity index (χ3v) is 3.33. The van der Waals surface area contributed by atoms with E-state index in [-0.39, 0.29) is 0 Å². The van der Waals surface area contributed by atoms with Gasteiger partial charge in [-0.2, -0.15) is 5.26 Å². The highest BCUT2D eigenvalue weighted by Gasteiger charge is 2.15. The van der Waals surface area contributed by atoms with Gasteiger partial charge in [-0.3, -0.25) is 0 Å². The van der Waals surface area contributed by atoms with Crippen molar-refractivity contribution in [1.82, 2.24) is 10.6 Å². The molecule has 2 heterocycles. The summed E-state index contributed by atoms with van der Waals surface area (Å²) in [5.74, 6) is 0. The Morgan fingerprint density at radius 3 is 3.21 bits per heavy atom. The van der Waals surface area contributed by atoms with E-state index in [2.05, 4.69) is 28.1 Å². The smallest absolute Gasteiger partial charge is 0.0695 e. The molecule has 1 aliphatic rings. The molecule has 1 unspecified atom stereocenters. The van der Waals surface area contributed by atoms with E-state index in [4.69, 9.17) is 5.26 Å². The number of nitrogens with one attached hydrogen (secondary N) is 2. The highest BCUT2D eigenvalue weighted by molar-refractivity contribution is 7.10. The molecule has 74 valence electrons. The highest BCUT2D eigenvalue weighted by atomic mass is 32.1. The minimum atomic E-state index is 0.424. The first kappa shape index (κ1) is 9.66. The lowest BCUT2D eigenvalue weighted by Gasteiger charge is -2.23. The Balaban J connectivity index is 2.04. The lowest BCUT2D eigenvalue weighted by atomic mass is 10.1. The summed E-state index contributed by atoms with van der Waals surface area (Å²) in [6.45, 7) is 3.06. The van der Waals surface area contributed by atoms with Crippen LogP contribution in [0.5, 0.6) is 0 Å². The fourth-order valence-corrected chi connectivity index (χ4v) is 2.51. The highest BCUT2D eigenvalue weighted by Crippen LogP contribution is 2.21. The molecule has 1 fully saturated rings. The predicted octanol–water partition coefficient (Wildman–Crippen LogP) is 1.05. The van der Waals surface area contributed by atoms with E-state index in [1.54, 1.807) is 11.3 Å². The molecule has 14 heavy (non-hydrogen) atoms. The third-order valence-electron chi connectivity index (χ3n) is 2.37. The lowest BCUT2D eigenvalue weighted by Crippen LogP contribution is -2.42. The molecular formula is C10H13N3S. The number of hydrogen-bond acceptors (Lipinski definition) is 4. The van der Waals surface area contributed by atoms with E-state index in [1.807, 2.05) is 0 Å². The maximum atomic E-state index is 8.57. The van der Waals surface area contributed by atoms with Crippen LogP contribution in [0.25, 0.3) is 0 Å². The minimum absolute atomic E-state index is 0.424. The molecule has 0 bridgehead atoms. The molecule has 0 aliphatic carbocycles. The van der Waals surface area contributed by atoms with Gasteiger partial charge in [-0.15, -0.1) is 11.3 Å². The Morgan fingerprint density at radius 1 is 1.57 bits per heavy atom. The molecule has 1 atom stereocenters. The monoisotopic (exact) mass is 207 g/mol. The Kier molecular flexibility index (Phi) is 3.14. The summed E-state index contributed by atoms with van der Waals surface area (Å²) >= 11 is 1.68. The fraction of sp³-hybridized carbons (Fsp3) is 0.500. The average Bonchev–Trinajstić information content (AvgIpc) is 2.68. The van der Waals surface area contributed by atoms with E-state index < -0.39 is 0 Å². The second kappa shape index (κ2) is 4.56. The average molecular weight is 207 g/mol. The van der Waals surface area contributed by atoms with Gasteiger partial charge in [0.05, 0.1) is 12.5 Å². The first-order valence-electron chi connectivity index (χ1n) is 4.78. The van der Waals surface area contributed by atoms with Gasteiger partial charge in [-0.1, -0.05) is 0 Å². The zero-order valence-corrected chi connectivity index (χ0v) is 8.73.